The molecule has 3 aromatic carbocycles. The minimum atomic E-state index is -1.41. The minimum absolute atomic E-state index is 0.0705. The van der Waals surface area contributed by atoms with Gasteiger partial charge in [-0.25, -0.2) is 0 Å². The van der Waals surface area contributed by atoms with E-state index < -0.39 is 65.3 Å². The molecule has 2 aliphatic carbocycles. The van der Waals surface area contributed by atoms with Crippen LogP contribution in [0.15, 0.2) is 91.3 Å². The number of fused-ring (bicyclic) bond motifs is 6. The molecule has 7 amide bonds. The smallest absolute Gasteiger partial charge is 0.251 e. The van der Waals surface area contributed by atoms with Crippen molar-refractivity contribution in [2.75, 3.05) is 13.1 Å². The number of aromatic nitrogens is 2. The van der Waals surface area contributed by atoms with Crippen molar-refractivity contribution in [3.8, 4) is 0 Å². The van der Waals surface area contributed by atoms with Crippen molar-refractivity contribution in [2.24, 2.45) is 5.92 Å². The van der Waals surface area contributed by atoms with E-state index in [-0.39, 0.29) is 43.0 Å². The van der Waals surface area contributed by atoms with Gasteiger partial charge in [0.25, 0.3) is 5.91 Å². The molecule has 10 rings (SSSR count). The number of hydrogen-bond acceptors (Lipinski definition) is 7. The van der Waals surface area contributed by atoms with Crippen LogP contribution in [0.5, 0.6) is 0 Å². The van der Waals surface area contributed by atoms with Crippen molar-refractivity contribution in [3.05, 3.63) is 108 Å². The monoisotopic (exact) mass is 964 g/mol. The third kappa shape index (κ3) is 9.90. The highest BCUT2D eigenvalue weighted by Crippen LogP contribution is 2.41. The molecule has 16 nitrogen and oxygen atoms in total. The standard InChI is InChI=1S/C55H65N9O7/c65-48(34-15-2-1-3-16-34)56-27-13-10-22-42-52(69)63-28-14-24-46(63)53(70)64-45-23-9-4-17-35(45)31-47(64)51(68)60-44(30-37-33-58-41-21-8-6-19-39(37)41)50(67)62-55(25-11-12-26-55)54(71)61-43(49(66)59-42)29-36-32-57-40-20-7-5-18-38(36)40/h1-3,5-8,15-16,18-21,32-33,35,42-47,57-58H,4,9-14,17,22-31H2,(H,56,65)(H,59,66)(H,60,68)(H,61,71)(H,62,67)/t35-,42+,43+,44+,45-,46-,47-/m1/s1. The van der Waals surface area contributed by atoms with Gasteiger partial charge in [-0.1, -0.05) is 80.3 Å². The number of aromatic amines is 2. The Hall–Kier alpha value is -6.97. The average molecular weight is 964 g/mol. The van der Waals surface area contributed by atoms with Crippen molar-refractivity contribution in [1.29, 1.82) is 0 Å². The summed E-state index contributed by atoms with van der Waals surface area (Å²) >= 11 is 0. The average Bonchev–Trinajstić information content (AvgIpc) is 4.26. The van der Waals surface area contributed by atoms with Crippen molar-refractivity contribution in [2.45, 2.75) is 145 Å². The summed E-state index contributed by atoms with van der Waals surface area (Å²) in [6, 6.07) is 19.0. The number of carbonyl (C=O) groups excluding carboxylic acids is 7. The maximum absolute atomic E-state index is 15.3. The topological polar surface area (TPSA) is 218 Å². The minimum Gasteiger partial charge on any atom is -0.361 e. The zero-order valence-corrected chi connectivity index (χ0v) is 40.2. The van der Waals surface area contributed by atoms with Gasteiger partial charge in [0.15, 0.2) is 0 Å². The second-order valence-electron chi connectivity index (χ2n) is 20.5. The first-order valence-electron chi connectivity index (χ1n) is 25.9. The van der Waals surface area contributed by atoms with E-state index in [1.807, 2.05) is 67.0 Å². The molecule has 3 saturated heterocycles. The first kappa shape index (κ1) is 47.7. The molecular formula is C55H65N9O7. The maximum atomic E-state index is 15.3. The van der Waals surface area contributed by atoms with Crippen LogP contribution in [-0.2, 0) is 41.6 Å². The van der Waals surface area contributed by atoms with Crippen LogP contribution in [-0.4, -0.2) is 116 Å². The number of hydrogen-bond donors (Lipinski definition) is 7. The second kappa shape index (κ2) is 20.8. The fourth-order valence-electron chi connectivity index (χ4n) is 12.3. The predicted octanol–water partition coefficient (Wildman–Crippen LogP) is 5.08. The number of rotatable bonds is 10. The molecular weight excluding hydrogens is 899 g/mol. The fourth-order valence-corrected chi connectivity index (χ4v) is 12.3. The molecule has 2 saturated carbocycles. The first-order valence-corrected chi connectivity index (χ1v) is 25.9. The van der Waals surface area contributed by atoms with Crippen LogP contribution >= 0.6 is 0 Å². The molecule has 3 aliphatic heterocycles. The number of benzene rings is 3. The van der Waals surface area contributed by atoms with E-state index in [0.717, 1.165) is 58.6 Å². The fraction of sp³-hybridized carbons (Fsp3) is 0.473. The summed E-state index contributed by atoms with van der Waals surface area (Å²) in [6.45, 7) is 0.627. The van der Waals surface area contributed by atoms with E-state index in [9.17, 15) is 4.79 Å². The molecule has 2 aromatic heterocycles. The third-order valence-electron chi connectivity index (χ3n) is 16.0. The molecule has 7 atom stereocenters. The lowest BCUT2D eigenvalue weighted by molar-refractivity contribution is -0.150. The lowest BCUT2D eigenvalue weighted by atomic mass is 9.84. The quantitative estimate of drug-likeness (QED) is 0.0942. The lowest BCUT2D eigenvalue weighted by Crippen LogP contribution is -2.65. The van der Waals surface area contributed by atoms with E-state index in [1.165, 1.54) is 0 Å². The number of amides is 7. The summed E-state index contributed by atoms with van der Waals surface area (Å²) in [6.07, 6.45) is 11.8. The van der Waals surface area contributed by atoms with Gasteiger partial charge in [-0.3, -0.25) is 33.6 Å². The second-order valence-corrected chi connectivity index (χ2v) is 20.5. The highest BCUT2D eigenvalue weighted by molar-refractivity contribution is 6.01. The molecule has 7 N–H and O–H groups in total. The Kier molecular flexibility index (Phi) is 14.0. The Bertz CT molecular complexity index is 2800. The molecule has 0 bridgehead atoms. The van der Waals surface area contributed by atoms with Gasteiger partial charge in [0.05, 0.1) is 0 Å². The largest absolute Gasteiger partial charge is 0.361 e. The molecule has 5 fully saturated rings. The number of para-hydroxylation sites is 2. The van der Waals surface area contributed by atoms with Gasteiger partial charge in [-0.05, 0) is 106 Å². The highest BCUT2D eigenvalue weighted by atomic mass is 16.2. The molecule has 5 aromatic rings. The summed E-state index contributed by atoms with van der Waals surface area (Å²) < 4.78 is 0. The van der Waals surface area contributed by atoms with E-state index in [1.54, 1.807) is 34.1 Å². The van der Waals surface area contributed by atoms with Crippen molar-refractivity contribution in [3.63, 3.8) is 0 Å². The molecule has 1 spiro atoms. The van der Waals surface area contributed by atoms with Crippen LogP contribution < -0.4 is 26.6 Å². The first-order chi connectivity index (χ1) is 34.6. The van der Waals surface area contributed by atoms with Crippen molar-refractivity contribution >= 4 is 63.2 Å². The summed E-state index contributed by atoms with van der Waals surface area (Å²) in [5.74, 6) is -2.87. The van der Waals surface area contributed by atoms with Crippen LogP contribution in [0.3, 0.4) is 0 Å². The Morgan fingerprint density at radius 2 is 1.25 bits per heavy atom. The van der Waals surface area contributed by atoms with Crippen LogP contribution in [0.4, 0.5) is 0 Å². The van der Waals surface area contributed by atoms with Gasteiger partial charge < -0.3 is 46.4 Å². The van der Waals surface area contributed by atoms with E-state index in [2.05, 4.69) is 36.6 Å². The van der Waals surface area contributed by atoms with Gasteiger partial charge in [-0.15, -0.1) is 0 Å². The van der Waals surface area contributed by atoms with E-state index in [4.69, 9.17) is 0 Å². The molecule has 16 heteroatoms. The SMILES string of the molecule is O=C(NCCCC[C@@H]1NC(=O)[C@H](Cc2c[nH]c3ccccc23)NC(=O)C2(CCCC2)NC(=O)[C@H](Cc2c[nH]c3ccccc23)NC(=O)[C@H]2C[C@H]3CCCC[C@H]3N2C(=O)[C@H]2CCCN2C1=O)c1ccccc1. The Labute approximate surface area is 413 Å². The van der Waals surface area contributed by atoms with Gasteiger partial charge in [0, 0.05) is 71.7 Å². The number of carbonyl (C=O) groups is 7. The molecule has 5 aliphatic rings. The number of nitrogens with one attached hydrogen (secondary N) is 7. The Morgan fingerprint density at radius 3 is 1.96 bits per heavy atom. The zero-order chi connectivity index (χ0) is 49.1. The van der Waals surface area contributed by atoms with E-state index in [0.29, 0.717) is 76.4 Å². The number of nitrogens with zero attached hydrogens (tertiary/aromatic N) is 2. The van der Waals surface area contributed by atoms with Crippen LogP contribution in [0.1, 0.15) is 111 Å². The van der Waals surface area contributed by atoms with E-state index >= 15 is 28.8 Å². The third-order valence-corrected chi connectivity index (χ3v) is 16.0. The summed E-state index contributed by atoms with van der Waals surface area (Å²) in [4.78, 5) is 113. The Balaban J connectivity index is 1.00. The van der Waals surface area contributed by atoms with Gasteiger partial charge in [-0.2, -0.15) is 0 Å². The van der Waals surface area contributed by atoms with Gasteiger partial charge in [0.2, 0.25) is 35.4 Å². The van der Waals surface area contributed by atoms with Crippen LogP contribution in [0, 0.1) is 5.92 Å². The summed E-state index contributed by atoms with van der Waals surface area (Å²) in [5, 5.41) is 17.1. The number of unbranched alkanes of at least 4 members (excludes halogenated alkanes) is 1. The van der Waals surface area contributed by atoms with Crippen LogP contribution in [0.25, 0.3) is 21.8 Å². The number of H-pyrrole nitrogens is 2. The van der Waals surface area contributed by atoms with Gasteiger partial charge >= 0.3 is 0 Å². The molecule has 372 valence electrons. The summed E-state index contributed by atoms with van der Waals surface area (Å²) in [5.41, 5.74) is 2.45. The Morgan fingerprint density at radius 1 is 0.620 bits per heavy atom. The van der Waals surface area contributed by atoms with Crippen molar-refractivity contribution < 1.29 is 33.6 Å². The zero-order valence-electron chi connectivity index (χ0n) is 40.2. The van der Waals surface area contributed by atoms with Gasteiger partial charge in [0.1, 0.15) is 35.7 Å². The molecule has 0 radical (unpaired) electrons. The maximum Gasteiger partial charge on any atom is 0.251 e. The van der Waals surface area contributed by atoms with Crippen molar-refractivity contribution in [1.82, 2.24) is 46.4 Å². The summed E-state index contributed by atoms with van der Waals surface area (Å²) in [7, 11) is 0. The molecule has 0 unspecified atom stereocenters. The molecule has 5 heterocycles. The predicted molar refractivity (Wildman–Crippen MR) is 267 cm³/mol. The molecule has 71 heavy (non-hydrogen) atoms. The van der Waals surface area contributed by atoms with Crippen LogP contribution in [0.2, 0.25) is 0 Å². The normalized spacial score (nSPS) is 26.3. The highest BCUT2D eigenvalue weighted by Gasteiger charge is 2.52. The lowest BCUT2D eigenvalue weighted by Gasteiger charge is -2.38.